The Bertz CT molecular complexity index is 664. The molecule has 1 N–H and O–H groups in total. The van der Waals surface area contributed by atoms with E-state index in [0.717, 1.165) is 25.0 Å². The van der Waals surface area contributed by atoms with Crippen molar-refractivity contribution in [3.63, 3.8) is 0 Å². The number of hydrogen-bond acceptors (Lipinski definition) is 4. The highest BCUT2D eigenvalue weighted by molar-refractivity contribution is 6.03. The second-order valence-corrected chi connectivity index (χ2v) is 5.65. The lowest BCUT2D eigenvalue weighted by Crippen LogP contribution is -2.17. The Labute approximate surface area is 135 Å². The number of rotatable bonds is 5. The minimum atomic E-state index is -0.205. The molecule has 0 radical (unpaired) electrons. The zero-order valence-electron chi connectivity index (χ0n) is 13.1. The first-order valence-electron chi connectivity index (χ1n) is 7.79. The number of nitrogens with one attached hydrogen (secondary N) is 1. The van der Waals surface area contributed by atoms with Crippen LogP contribution in [0.4, 0.5) is 5.82 Å². The fourth-order valence-electron chi connectivity index (χ4n) is 2.42. The summed E-state index contributed by atoms with van der Waals surface area (Å²) in [6.07, 6.45) is 3.99. The Morgan fingerprint density at radius 1 is 1.39 bits per heavy atom. The number of pyridine rings is 1. The summed E-state index contributed by atoms with van der Waals surface area (Å²) in [4.78, 5) is 16.5. The predicted molar refractivity (Wildman–Crippen MR) is 87.8 cm³/mol. The topological polar surface area (TPSA) is 60.5 Å². The molecule has 120 valence electrons. The van der Waals surface area contributed by atoms with Crippen molar-refractivity contribution in [2.45, 2.75) is 25.9 Å². The molecule has 23 heavy (non-hydrogen) atoms. The van der Waals surface area contributed by atoms with E-state index in [-0.39, 0.29) is 12.0 Å². The molecule has 0 aliphatic carbocycles. The van der Waals surface area contributed by atoms with E-state index in [0.29, 0.717) is 23.7 Å². The van der Waals surface area contributed by atoms with Crippen LogP contribution >= 0.6 is 0 Å². The first-order chi connectivity index (χ1) is 11.2. The van der Waals surface area contributed by atoms with Gasteiger partial charge in [-0.15, -0.1) is 0 Å². The third kappa shape index (κ3) is 4.29. The van der Waals surface area contributed by atoms with Crippen LogP contribution in [0.5, 0.6) is 5.75 Å². The smallest absolute Gasteiger partial charge is 0.256 e. The molecule has 1 unspecified atom stereocenters. The number of aromatic nitrogens is 1. The second kappa shape index (κ2) is 7.24. The highest BCUT2D eigenvalue weighted by atomic mass is 16.5. The average Bonchev–Trinajstić information content (AvgIpc) is 3.09. The molecule has 0 saturated carbocycles. The highest BCUT2D eigenvalue weighted by Crippen LogP contribution is 2.18. The molecule has 2 aromatic rings. The number of aryl methyl sites for hydroxylation is 1. The Morgan fingerprint density at radius 2 is 2.30 bits per heavy atom. The van der Waals surface area contributed by atoms with Gasteiger partial charge in [0.15, 0.2) is 0 Å². The minimum absolute atomic E-state index is 0.157. The summed E-state index contributed by atoms with van der Waals surface area (Å²) < 4.78 is 11.3. The highest BCUT2D eigenvalue weighted by Gasteiger charge is 2.16. The zero-order chi connectivity index (χ0) is 16.1. The van der Waals surface area contributed by atoms with Crippen molar-refractivity contribution in [3.05, 3.63) is 53.7 Å². The number of amides is 1. The molecular formula is C18H20N2O3. The van der Waals surface area contributed by atoms with E-state index in [1.54, 1.807) is 24.4 Å². The van der Waals surface area contributed by atoms with Crippen molar-refractivity contribution in [1.29, 1.82) is 0 Å². The lowest BCUT2D eigenvalue weighted by atomic mass is 10.2. The van der Waals surface area contributed by atoms with Gasteiger partial charge < -0.3 is 14.8 Å². The molecule has 1 fully saturated rings. The molecule has 1 aliphatic heterocycles. The van der Waals surface area contributed by atoms with E-state index < -0.39 is 0 Å². The normalized spacial score (nSPS) is 17.0. The van der Waals surface area contributed by atoms with Crippen LogP contribution < -0.4 is 10.1 Å². The Balaban J connectivity index is 1.61. The molecule has 0 spiro atoms. The molecular weight excluding hydrogens is 292 g/mol. The van der Waals surface area contributed by atoms with Crippen LogP contribution in [-0.2, 0) is 4.74 Å². The number of carbonyl (C=O) groups excluding carboxylic acids is 1. The second-order valence-electron chi connectivity index (χ2n) is 5.65. The molecule has 1 aromatic carbocycles. The molecule has 1 saturated heterocycles. The number of hydrogen-bond donors (Lipinski definition) is 1. The van der Waals surface area contributed by atoms with Crippen molar-refractivity contribution >= 4 is 11.7 Å². The summed E-state index contributed by atoms with van der Waals surface area (Å²) in [5, 5.41) is 2.78. The standard InChI is InChI=1S/C18H20N2O3/c1-13-7-8-17(19-11-13)20-18(21)14-4-2-5-15(10-14)23-12-16-6-3-9-22-16/h2,4-5,7-8,10-11,16H,3,6,9,12H2,1H3,(H,19,20,21). The van der Waals surface area contributed by atoms with Crippen LogP contribution in [0.3, 0.4) is 0 Å². The van der Waals surface area contributed by atoms with Gasteiger partial charge in [0.05, 0.1) is 6.10 Å². The van der Waals surface area contributed by atoms with Crippen LogP contribution in [0.25, 0.3) is 0 Å². The lowest BCUT2D eigenvalue weighted by Gasteiger charge is -2.12. The van der Waals surface area contributed by atoms with E-state index in [1.165, 1.54) is 0 Å². The third-order valence-corrected chi connectivity index (χ3v) is 3.71. The molecule has 1 amide bonds. The first kappa shape index (κ1) is 15.5. The average molecular weight is 312 g/mol. The quantitative estimate of drug-likeness (QED) is 0.921. The van der Waals surface area contributed by atoms with Gasteiger partial charge >= 0.3 is 0 Å². The summed E-state index contributed by atoms with van der Waals surface area (Å²) in [5.74, 6) is 1.00. The van der Waals surface area contributed by atoms with Crippen LogP contribution in [0.2, 0.25) is 0 Å². The van der Waals surface area contributed by atoms with E-state index >= 15 is 0 Å². The summed E-state index contributed by atoms with van der Waals surface area (Å²) in [6.45, 7) is 3.28. The van der Waals surface area contributed by atoms with Gasteiger partial charge in [0.25, 0.3) is 5.91 Å². The van der Waals surface area contributed by atoms with Crippen molar-refractivity contribution < 1.29 is 14.3 Å². The van der Waals surface area contributed by atoms with Gasteiger partial charge in [0, 0.05) is 18.4 Å². The van der Waals surface area contributed by atoms with Gasteiger partial charge in [-0.1, -0.05) is 12.1 Å². The van der Waals surface area contributed by atoms with Crippen LogP contribution in [0.15, 0.2) is 42.6 Å². The predicted octanol–water partition coefficient (Wildman–Crippen LogP) is 3.20. The van der Waals surface area contributed by atoms with E-state index in [4.69, 9.17) is 9.47 Å². The molecule has 5 nitrogen and oxygen atoms in total. The van der Waals surface area contributed by atoms with E-state index in [1.807, 2.05) is 25.1 Å². The number of benzene rings is 1. The van der Waals surface area contributed by atoms with Gasteiger partial charge in [-0.3, -0.25) is 4.79 Å². The van der Waals surface area contributed by atoms with Gasteiger partial charge in [-0.25, -0.2) is 4.98 Å². The van der Waals surface area contributed by atoms with E-state index in [9.17, 15) is 4.79 Å². The molecule has 5 heteroatoms. The lowest BCUT2D eigenvalue weighted by molar-refractivity contribution is 0.0679. The Kier molecular flexibility index (Phi) is 4.88. The monoisotopic (exact) mass is 312 g/mol. The zero-order valence-corrected chi connectivity index (χ0v) is 13.1. The number of carbonyl (C=O) groups is 1. The van der Waals surface area contributed by atoms with Gasteiger partial charge in [0.1, 0.15) is 18.2 Å². The number of anilines is 1. The van der Waals surface area contributed by atoms with Gasteiger partial charge in [-0.2, -0.15) is 0 Å². The summed E-state index contributed by atoms with van der Waals surface area (Å²) in [5.41, 5.74) is 1.59. The van der Waals surface area contributed by atoms with Crippen LogP contribution in [-0.4, -0.2) is 30.2 Å². The van der Waals surface area contributed by atoms with Crippen LogP contribution in [0, 0.1) is 6.92 Å². The minimum Gasteiger partial charge on any atom is -0.491 e. The van der Waals surface area contributed by atoms with Crippen molar-refractivity contribution in [1.82, 2.24) is 4.98 Å². The Hall–Kier alpha value is -2.40. The maximum atomic E-state index is 12.3. The number of ether oxygens (including phenoxy) is 2. The third-order valence-electron chi connectivity index (χ3n) is 3.71. The SMILES string of the molecule is Cc1ccc(NC(=O)c2cccc(OCC3CCCO3)c2)nc1. The first-order valence-corrected chi connectivity index (χ1v) is 7.79. The number of nitrogens with zero attached hydrogens (tertiary/aromatic N) is 1. The largest absolute Gasteiger partial charge is 0.491 e. The van der Waals surface area contributed by atoms with E-state index in [2.05, 4.69) is 10.3 Å². The molecule has 3 rings (SSSR count). The van der Waals surface area contributed by atoms with Crippen LogP contribution in [0.1, 0.15) is 28.8 Å². The fraction of sp³-hybridized carbons (Fsp3) is 0.333. The van der Waals surface area contributed by atoms with Crippen molar-refractivity contribution in [2.75, 3.05) is 18.5 Å². The van der Waals surface area contributed by atoms with Gasteiger partial charge in [-0.05, 0) is 49.6 Å². The maximum absolute atomic E-state index is 12.3. The maximum Gasteiger partial charge on any atom is 0.256 e. The van der Waals surface area contributed by atoms with Crippen molar-refractivity contribution in [3.8, 4) is 5.75 Å². The van der Waals surface area contributed by atoms with Gasteiger partial charge in [0.2, 0.25) is 0 Å². The summed E-state index contributed by atoms with van der Waals surface area (Å²) in [6, 6.07) is 10.8. The molecule has 1 aliphatic rings. The Morgan fingerprint density at radius 3 is 3.04 bits per heavy atom. The van der Waals surface area contributed by atoms with Crippen molar-refractivity contribution in [2.24, 2.45) is 0 Å². The molecule has 0 bridgehead atoms. The molecule has 1 aromatic heterocycles. The fourth-order valence-corrected chi connectivity index (χ4v) is 2.42. The molecule has 1 atom stereocenters. The summed E-state index contributed by atoms with van der Waals surface area (Å²) >= 11 is 0. The molecule has 2 heterocycles. The summed E-state index contributed by atoms with van der Waals surface area (Å²) in [7, 11) is 0.